The van der Waals surface area contributed by atoms with E-state index in [1.807, 2.05) is 43.3 Å². The smallest absolute Gasteiger partial charge is 0.129 e. The average Bonchev–Trinajstić information content (AvgIpc) is 2.76. The van der Waals surface area contributed by atoms with E-state index in [9.17, 15) is 5.11 Å². The molecule has 1 N–H and O–H groups in total. The van der Waals surface area contributed by atoms with Crippen molar-refractivity contribution in [1.29, 1.82) is 0 Å². The lowest BCUT2D eigenvalue weighted by Crippen LogP contribution is -2.18. The van der Waals surface area contributed by atoms with Gasteiger partial charge in [0.05, 0.1) is 5.69 Å². The van der Waals surface area contributed by atoms with Crippen molar-refractivity contribution in [3.63, 3.8) is 0 Å². The largest absolute Gasteiger partial charge is 0.508 e. The highest BCUT2D eigenvalue weighted by Crippen LogP contribution is 2.31. The van der Waals surface area contributed by atoms with E-state index in [4.69, 9.17) is 4.98 Å². The summed E-state index contributed by atoms with van der Waals surface area (Å²) in [4.78, 5) is 7.11. The van der Waals surface area contributed by atoms with Crippen LogP contribution in [0.15, 0.2) is 91.0 Å². The maximum Gasteiger partial charge on any atom is 0.129 e. The molecular formula is C26H24N2O. The molecule has 1 heterocycles. The normalized spacial score (nSPS) is 10.7. The topological polar surface area (TPSA) is 36.4 Å². The van der Waals surface area contributed by atoms with Gasteiger partial charge in [0, 0.05) is 19.2 Å². The average molecular weight is 380 g/mol. The number of benzene rings is 3. The van der Waals surface area contributed by atoms with Crippen LogP contribution in [0.5, 0.6) is 5.75 Å². The third-order valence-electron chi connectivity index (χ3n) is 5.07. The summed E-state index contributed by atoms with van der Waals surface area (Å²) in [6.45, 7) is 2.68. The highest BCUT2D eigenvalue weighted by Gasteiger charge is 2.11. The fourth-order valence-electron chi connectivity index (χ4n) is 3.41. The van der Waals surface area contributed by atoms with Gasteiger partial charge < -0.3 is 10.0 Å². The molecule has 3 aromatic carbocycles. The summed E-state index contributed by atoms with van der Waals surface area (Å²) >= 11 is 0. The quantitative estimate of drug-likeness (QED) is 0.457. The van der Waals surface area contributed by atoms with Gasteiger partial charge in [0.15, 0.2) is 0 Å². The molecule has 3 nitrogen and oxygen atoms in total. The molecule has 0 radical (unpaired) electrons. The Morgan fingerprint density at radius 2 is 1.45 bits per heavy atom. The molecule has 0 unspecified atom stereocenters. The molecule has 0 saturated carbocycles. The molecule has 0 aliphatic heterocycles. The third kappa shape index (κ3) is 4.30. The van der Waals surface area contributed by atoms with Crippen molar-refractivity contribution in [2.75, 3.05) is 11.9 Å². The number of anilines is 1. The molecule has 144 valence electrons. The zero-order valence-electron chi connectivity index (χ0n) is 16.7. The number of aryl methyl sites for hydroxylation is 1. The van der Waals surface area contributed by atoms with Crippen molar-refractivity contribution < 1.29 is 5.11 Å². The van der Waals surface area contributed by atoms with Crippen LogP contribution in [0.25, 0.3) is 22.4 Å². The van der Waals surface area contributed by atoms with Gasteiger partial charge in [-0.15, -0.1) is 0 Å². The first kappa shape index (κ1) is 18.8. The molecule has 3 heteroatoms. The van der Waals surface area contributed by atoms with E-state index in [0.717, 1.165) is 40.3 Å². The van der Waals surface area contributed by atoms with Crippen molar-refractivity contribution in [2.45, 2.75) is 13.5 Å². The number of phenolic OH excluding ortho intramolecular Hbond substituents is 1. The molecule has 0 spiro atoms. The van der Waals surface area contributed by atoms with Gasteiger partial charge >= 0.3 is 0 Å². The minimum atomic E-state index is 0.300. The van der Waals surface area contributed by atoms with Crippen LogP contribution in [0.1, 0.15) is 11.1 Å². The fraction of sp³-hybridized carbons (Fsp3) is 0.115. The van der Waals surface area contributed by atoms with E-state index in [1.54, 1.807) is 6.07 Å². The lowest BCUT2D eigenvalue weighted by atomic mass is 10.0. The number of phenols is 1. The van der Waals surface area contributed by atoms with Gasteiger partial charge in [-0.1, -0.05) is 60.7 Å². The Labute approximate surface area is 171 Å². The zero-order chi connectivity index (χ0) is 20.2. The van der Waals surface area contributed by atoms with E-state index >= 15 is 0 Å². The van der Waals surface area contributed by atoms with Crippen LogP contribution in [-0.4, -0.2) is 17.1 Å². The van der Waals surface area contributed by atoms with E-state index in [-0.39, 0.29) is 0 Å². The van der Waals surface area contributed by atoms with Crippen molar-refractivity contribution in [1.82, 2.24) is 4.98 Å². The van der Waals surface area contributed by atoms with Gasteiger partial charge in [-0.3, -0.25) is 0 Å². The summed E-state index contributed by atoms with van der Waals surface area (Å²) < 4.78 is 0. The first-order valence-electron chi connectivity index (χ1n) is 9.73. The van der Waals surface area contributed by atoms with Crippen LogP contribution in [0.3, 0.4) is 0 Å². The van der Waals surface area contributed by atoms with E-state index in [0.29, 0.717) is 5.75 Å². The lowest BCUT2D eigenvalue weighted by molar-refractivity contribution is 0.471. The maximum atomic E-state index is 9.90. The van der Waals surface area contributed by atoms with Crippen molar-refractivity contribution in [2.24, 2.45) is 0 Å². The van der Waals surface area contributed by atoms with Crippen molar-refractivity contribution in [3.05, 3.63) is 102 Å². The van der Waals surface area contributed by atoms with Crippen LogP contribution < -0.4 is 4.90 Å². The number of rotatable bonds is 5. The molecule has 0 amide bonds. The van der Waals surface area contributed by atoms with Crippen molar-refractivity contribution in [3.8, 4) is 28.1 Å². The van der Waals surface area contributed by atoms with Crippen LogP contribution in [0.2, 0.25) is 0 Å². The second kappa shape index (κ2) is 8.19. The first-order chi connectivity index (χ1) is 14.1. The van der Waals surface area contributed by atoms with Gasteiger partial charge in [0.2, 0.25) is 0 Å². The highest BCUT2D eigenvalue weighted by atomic mass is 16.3. The Balaban J connectivity index is 1.78. The van der Waals surface area contributed by atoms with Gasteiger partial charge in [-0.05, 0) is 59.5 Å². The minimum absolute atomic E-state index is 0.300. The van der Waals surface area contributed by atoms with Crippen LogP contribution in [0.4, 0.5) is 5.82 Å². The van der Waals surface area contributed by atoms with Crippen molar-refractivity contribution >= 4 is 5.82 Å². The summed E-state index contributed by atoms with van der Waals surface area (Å²) in [5.74, 6) is 1.21. The lowest BCUT2D eigenvalue weighted by Gasteiger charge is -2.20. The van der Waals surface area contributed by atoms with E-state index < -0.39 is 0 Å². The number of hydrogen-bond donors (Lipinski definition) is 1. The SMILES string of the molecule is Cc1cc(-c2cc(-c3ccccc3)cc(N(C)Cc3ccccc3)n2)ccc1O. The number of nitrogens with zero attached hydrogens (tertiary/aromatic N) is 2. The van der Waals surface area contributed by atoms with Gasteiger partial charge in [0.1, 0.15) is 11.6 Å². The molecule has 0 saturated heterocycles. The molecule has 0 fully saturated rings. The summed E-state index contributed by atoms with van der Waals surface area (Å²) in [5, 5.41) is 9.90. The summed E-state index contributed by atoms with van der Waals surface area (Å²) in [7, 11) is 2.07. The second-order valence-corrected chi connectivity index (χ2v) is 7.31. The van der Waals surface area contributed by atoms with Gasteiger partial charge in [0.25, 0.3) is 0 Å². The Bertz CT molecular complexity index is 1110. The fourth-order valence-corrected chi connectivity index (χ4v) is 3.41. The monoisotopic (exact) mass is 380 g/mol. The minimum Gasteiger partial charge on any atom is -0.508 e. The molecule has 4 rings (SSSR count). The Morgan fingerprint density at radius 1 is 0.759 bits per heavy atom. The highest BCUT2D eigenvalue weighted by molar-refractivity contribution is 5.74. The molecular weight excluding hydrogens is 356 g/mol. The molecule has 0 aliphatic rings. The zero-order valence-corrected chi connectivity index (χ0v) is 16.7. The number of hydrogen-bond acceptors (Lipinski definition) is 3. The third-order valence-corrected chi connectivity index (χ3v) is 5.07. The summed E-state index contributed by atoms with van der Waals surface area (Å²) in [5.41, 5.74) is 6.24. The Kier molecular flexibility index (Phi) is 5.30. The van der Waals surface area contributed by atoms with Crippen LogP contribution in [0, 0.1) is 6.92 Å². The standard InChI is InChI=1S/C26H24N2O/c1-19-15-22(13-14-25(19)29)24-16-23(21-11-7-4-8-12-21)17-26(27-24)28(2)18-20-9-5-3-6-10-20/h3-17,29H,18H2,1-2H3. The molecule has 1 aromatic heterocycles. The number of pyridine rings is 1. The predicted octanol–water partition coefficient (Wildman–Crippen LogP) is 6.07. The number of aromatic hydroxyl groups is 1. The van der Waals surface area contributed by atoms with Gasteiger partial charge in [-0.25, -0.2) is 4.98 Å². The Hall–Kier alpha value is -3.59. The van der Waals surface area contributed by atoms with Crippen LogP contribution >= 0.6 is 0 Å². The number of aromatic nitrogens is 1. The molecule has 0 aliphatic carbocycles. The maximum absolute atomic E-state index is 9.90. The summed E-state index contributed by atoms with van der Waals surface area (Å²) in [6, 6.07) is 30.6. The summed E-state index contributed by atoms with van der Waals surface area (Å²) in [6.07, 6.45) is 0. The predicted molar refractivity (Wildman–Crippen MR) is 120 cm³/mol. The van der Waals surface area contributed by atoms with Gasteiger partial charge in [-0.2, -0.15) is 0 Å². The first-order valence-corrected chi connectivity index (χ1v) is 9.73. The van der Waals surface area contributed by atoms with E-state index in [2.05, 4.69) is 60.5 Å². The molecule has 29 heavy (non-hydrogen) atoms. The Morgan fingerprint density at radius 3 is 2.14 bits per heavy atom. The molecule has 4 aromatic rings. The van der Waals surface area contributed by atoms with E-state index in [1.165, 1.54) is 5.56 Å². The second-order valence-electron chi connectivity index (χ2n) is 7.31. The molecule has 0 atom stereocenters. The molecule has 0 bridgehead atoms. The van der Waals surface area contributed by atoms with Crippen LogP contribution in [-0.2, 0) is 6.54 Å².